The highest BCUT2D eigenvalue weighted by atomic mass is 35.5. The quantitative estimate of drug-likeness (QED) is 0.514. The van der Waals surface area contributed by atoms with E-state index in [1.165, 1.54) is 11.1 Å². The first-order valence-electron chi connectivity index (χ1n) is 8.85. The molecule has 0 bridgehead atoms. The SMILES string of the molecule is Cc1ccncc1-c1ccc2nc(NCCc3cccc(Cl)c3)ncc2c1. The highest BCUT2D eigenvalue weighted by Crippen LogP contribution is 2.25. The third kappa shape index (κ3) is 4.07. The number of nitrogens with one attached hydrogen (secondary N) is 1. The number of anilines is 1. The molecule has 4 aromatic rings. The van der Waals surface area contributed by atoms with Crippen LogP contribution >= 0.6 is 11.6 Å². The zero-order valence-electron chi connectivity index (χ0n) is 15.0. The van der Waals surface area contributed by atoms with Gasteiger partial charge in [0.25, 0.3) is 0 Å². The van der Waals surface area contributed by atoms with Crippen LogP contribution in [0.4, 0.5) is 5.95 Å². The fourth-order valence-electron chi connectivity index (χ4n) is 3.06. The maximum atomic E-state index is 6.02. The summed E-state index contributed by atoms with van der Waals surface area (Å²) in [5.41, 5.74) is 5.55. The average molecular weight is 375 g/mol. The van der Waals surface area contributed by atoms with Crippen LogP contribution in [0.5, 0.6) is 0 Å². The lowest BCUT2D eigenvalue weighted by molar-refractivity contribution is 0.990. The molecule has 27 heavy (non-hydrogen) atoms. The van der Waals surface area contributed by atoms with Gasteiger partial charge in [0.1, 0.15) is 0 Å². The van der Waals surface area contributed by atoms with Gasteiger partial charge in [-0.05, 0) is 60.4 Å². The zero-order chi connectivity index (χ0) is 18.6. The van der Waals surface area contributed by atoms with Gasteiger partial charge in [0.05, 0.1) is 5.52 Å². The van der Waals surface area contributed by atoms with Crippen LogP contribution < -0.4 is 5.32 Å². The van der Waals surface area contributed by atoms with Crippen LogP contribution in [0.3, 0.4) is 0 Å². The third-order valence-electron chi connectivity index (χ3n) is 4.52. The molecule has 0 spiro atoms. The van der Waals surface area contributed by atoms with Gasteiger partial charge >= 0.3 is 0 Å². The van der Waals surface area contributed by atoms with Gasteiger partial charge in [0.15, 0.2) is 0 Å². The van der Waals surface area contributed by atoms with E-state index in [9.17, 15) is 0 Å². The Balaban J connectivity index is 1.49. The minimum Gasteiger partial charge on any atom is -0.354 e. The Morgan fingerprint density at radius 3 is 2.81 bits per heavy atom. The monoisotopic (exact) mass is 374 g/mol. The second-order valence-corrected chi connectivity index (χ2v) is 6.90. The van der Waals surface area contributed by atoms with Crippen LogP contribution in [0.15, 0.2) is 67.1 Å². The number of nitrogens with zero attached hydrogens (tertiary/aromatic N) is 3. The Labute approximate surface area is 163 Å². The van der Waals surface area contributed by atoms with Crippen molar-refractivity contribution < 1.29 is 0 Å². The first-order chi connectivity index (χ1) is 13.2. The Morgan fingerprint density at radius 1 is 1.04 bits per heavy atom. The van der Waals surface area contributed by atoms with E-state index >= 15 is 0 Å². The lowest BCUT2D eigenvalue weighted by Crippen LogP contribution is -2.07. The fraction of sp³-hybridized carbons (Fsp3) is 0.136. The average Bonchev–Trinajstić information content (AvgIpc) is 2.68. The van der Waals surface area contributed by atoms with Crippen LogP contribution in [0.25, 0.3) is 22.0 Å². The van der Waals surface area contributed by atoms with Crippen LogP contribution in [0.2, 0.25) is 5.02 Å². The molecule has 2 aromatic carbocycles. The second-order valence-electron chi connectivity index (χ2n) is 6.46. The Hall–Kier alpha value is -2.98. The lowest BCUT2D eigenvalue weighted by atomic mass is 10.0. The van der Waals surface area contributed by atoms with Crippen molar-refractivity contribution in [2.75, 3.05) is 11.9 Å². The molecular formula is C22H19ClN4. The number of aryl methyl sites for hydroxylation is 1. The molecule has 5 heteroatoms. The van der Waals surface area contributed by atoms with Crippen molar-refractivity contribution in [2.24, 2.45) is 0 Å². The largest absolute Gasteiger partial charge is 0.354 e. The van der Waals surface area contributed by atoms with Crippen molar-refractivity contribution >= 4 is 28.5 Å². The number of benzene rings is 2. The number of fused-ring (bicyclic) bond motifs is 1. The van der Waals surface area contributed by atoms with Crippen molar-refractivity contribution in [1.82, 2.24) is 15.0 Å². The molecule has 2 heterocycles. The van der Waals surface area contributed by atoms with Gasteiger partial charge < -0.3 is 5.32 Å². The summed E-state index contributed by atoms with van der Waals surface area (Å²) in [4.78, 5) is 13.3. The molecule has 0 aliphatic rings. The summed E-state index contributed by atoms with van der Waals surface area (Å²) in [6, 6.07) is 16.1. The molecule has 0 atom stereocenters. The Morgan fingerprint density at radius 2 is 1.96 bits per heavy atom. The van der Waals surface area contributed by atoms with Crippen LogP contribution in [-0.4, -0.2) is 21.5 Å². The van der Waals surface area contributed by atoms with E-state index in [2.05, 4.69) is 45.4 Å². The molecule has 0 unspecified atom stereocenters. The van der Waals surface area contributed by atoms with E-state index in [0.29, 0.717) is 5.95 Å². The molecule has 1 N–H and O–H groups in total. The Bertz CT molecular complexity index is 1090. The van der Waals surface area contributed by atoms with Gasteiger partial charge in [-0.3, -0.25) is 4.98 Å². The number of halogens is 1. The number of hydrogen-bond donors (Lipinski definition) is 1. The molecule has 2 aromatic heterocycles. The van der Waals surface area contributed by atoms with Crippen molar-refractivity contribution in [1.29, 1.82) is 0 Å². The first kappa shape index (κ1) is 17.4. The predicted molar refractivity (Wildman–Crippen MR) is 111 cm³/mol. The summed E-state index contributed by atoms with van der Waals surface area (Å²) in [6.07, 6.45) is 6.42. The number of aromatic nitrogens is 3. The van der Waals surface area contributed by atoms with E-state index in [0.717, 1.165) is 40.0 Å². The highest BCUT2D eigenvalue weighted by molar-refractivity contribution is 6.30. The smallest absolute Gasteiger partial charge is 0.223 e. The molecule has 0 amide bonds. The summed E-state index contributed by atoms with van der Waals surface area (Å²) in [6.45, 7) is 2.84. The van der Waals surface area contributed by atoms with Crippen molar-refractivity contribution in [3.05, 3.63) is 83.3 Å². The third-order valence-corrected chi connectivity index (χ3v) is 4.75. The molecule has 0 aliphatic carbocycles. The summed E-state index contributed by atoms with van der Waals surface area (Å²) >= 11 is 6.02. The standard InChI is InChI=1S/C22H19ClN4/c1-15-7-9-24-14-20(15)17-5-6-21-18(12-17)13-26-22(27-21)25-10-8-16-3-2-4-19(23)11-16/h2-7,9,11-14H,8,10H2,1H3,(H,25,26,27). The van der Waals surface area contributed by atoms with Crippen LogP contribution in [-0.2, 0) is 6.42 Å². The van der Waals surface area contributed by atoms with E-state index in [-0.39, 0.29) is 0 Å². The summed E-state index contributed by atoms with van der Waals surface area (Å²) in [7, 11) is 0. The number of rotatable bonds is 5. The van der Waals surface area contributed by atoms with Crippen molar-refractivity contribution in [3.63, 3.8) is 0 Å². The van der Waals surface area contributed by atoms with Gasteiger partial charge in [-0.25, -0.2) is 9.97 Å². The maximum absolute atomic E-state index is 6.02. The van der Waals surface area contributed by atoms with Crippen molar-refractivity contribution in [2.45, 2.75) is 13.3 Å². The molecule has 0 aliphatic heterocycles. The highest BCUT2D eigenvalue weighted by Gasteiger charge is 2.05. The predicted octanol–water partition coefficient (Wildman–Crippen LogP) is 5.31. The first-order valence-corrected chi connectivity index (χ1v) is 9.23. The summed E-state index contributed by atoms with van der Waals surface area (Å²) in [5, 5.41) is 5.05. The molecule has 4 rings (SSSR count). The fourth-order valence-corrected chi connectivity index (χ4v) is 3.28. The normalized spacial score (nSPS) is 10.9. The second kappa shape index (κ2) is 7.72. The van der Waals surface area contributed by atoms with E-state index in [1.54, 1.807) is 0 Å². The number of hydrogen-bond acceptors (Lipinski definition) is 4. The Kier molecular flexibility index (Phi) is 4.99. The van der Waals surface area contributed by atoms with Crippen molar-refractivity contribution in [3.8, 4) is 11.1 Å². The molecule has 0 saturated carbocycles. The molecular weight excluding hydrogens is 356 g/mol. The molecule has 4 nitrogen and oxygen atoms in total. The van der Waals surface area contributed by atoms with Gasteiger partial charge in [0, 0.05) is 41.1 Å². The molecule has 134 valence electrons. The van der Waals surface area contributed by atoms with Crippen LogP contribution in [0.1, 0.15) is 11.1 Å². The van der Waals surface area contributed by atoms with Gasteiger partial charge in [-0.2, -0.15) is 0 Å². The van der Waals surface area contributed by atoms with Gasteiger partial charge in [-0.1, -0.05) is 29.8 Å². The lowest BCUT2D eigenvalue weighted by Gasteiger charge is -2.08. The minimum absolute atomic E-state index is 0.634. The molecule has 0 saturated heterocycles. The van der Waals surface area contributed by atoms with E-state index in [4.69, 9.17) is 11.6 Å². The molecule has 0 fully saturated rings. The maximum Gasteiger partial charge on any atom is 0.223 e. The zero-order valence-corrected chi connectivity index (χ0v) is 15.7. The topological polar surface area (TPSA) is 50.7 Å². The van der Waals surface area contributed by atoms with Gasteiger partial charge in [-0.15, -0.1) is 0 Å². The van der Waals surface area contributed by atoms with E-state index in [1.807, 2.05) is 48.9 Å². The van der Waals surface area contributed by atoms with Gasteiger partial charge in [0.2, 0.25) is 5.95 Å². The number of pyridine rings is 1. The minimum atomic E-state index is 0.634. The molecule has 0 radical (unpaired) electrons. The van der Waals surface area contributed by atoms with Crippen LogP contribution in [0, 0.1) is 6.92 Å². The summed E-state index contributed by atoms with van der Waals surface area (Å²) in [5.74, 6) is 0.634. The van der Waals surface area contributed by atoms with E-state index < -0.39 is 0 Å². The summed E-state index contributed by atoms with van der Waals surface area (Å²) < 4.78 is 0.